The van der Waals surface area contributed by atoms with Crippen molar-refractivity contribution in [1.29, 1.82) is 0 Å². The number of nitrogens with zero attached hydrogens (tertiary/aromatic N) is 1. The van der Waals surface area contributed by atoms with Crippen LogP contribution >= 0.6 is 12.2 Å². The highest BCUT2D eigenvalue weighted by Crippen LogP contribution is 2.25. The van der Waals surface area contributed by atoms with Gasteiger partial charge in [0.15, 0.2) is 0 Å². The molecule has 1 heterocycles. The number of aliphatic hydroxyl groups is 1. The molecule has 1 unspecified atom stereocenters. The Bertz CT molecular complexity index is 587. The summed E-state index contributed by atoms with van der Waals surface area (Å²) in [5.74, 6) is -0.508. The molecular weight excluding hydrogens is 325 g/mol. The Morgan fingerprint density at radius 3 is 3.04 bits per heavy atom. The Labute approximate surface area is 138 Å². The van der Waals surface area contributed by atoms with Gasteiger partial charge in [-0.05, 0) is 30.4 Å². The molecule has 0 spiro atoms. The molecule has 9 heteroatoms. The van der Waals surface area contributed by atoms with Crippen LogP contribution in [0.2, 0.25) is 0 Å². The fourth-order valence-electron chi connectivity index (χ4n) is 2.11. The van der Waals surface area contributed by atoms with E-state index in [9.17, 15) is 9.18 Å². The summed E-state index contributed by atoms with van der Waals surface area (Å²) >= 11 is 4.85. The van der Waals surface area contributed by atoms with Crippen LogP contribution in [-0.2, 0) is 9.47 Å². The van der Waals surface area contributed by atoms with Crippen molar-refractivity contribution in [2.45, 2.75) is 6.10 Å². The molecule has 0 aromatic heterocycles. The molecule has 1 aliphatic heterocycles. The number of thiocarbonyl (C=S) groups is 1. The first kappa shape index (κ1) is 17.2. The largest absolute Gasteiger partial charge is 0.474 e. The van der Waals surface area contributed by atoms with E-state index in [0.717, 1.165) is 0 Å². The molecule has 0 bridgehead atoms. The van der Waals surface area contributed by atoms with Crippen LogP contribution in [0.5, 0.6) is 0 Å². The third-order valence-electron chi connectivity index (χ3n) is 3.23. The number of hydrogen-bond acceptors (Lipinski definition) is 6. The van der Waals surface area contributed by atoms with Gasteiger partial charge >= 0.3 is 6.09 Å². The van der Waals surface area contributed by atoms with Crippen LogP contribution in [-0.4, -0.2) is 55.8 Å². The summed E-state index contributed by atoms with van der Waals surface area (Å²) in [4.78, 5) is 13.3. The minimum atomic E-state index is -0.546. The maximum atomic E-state index is 14.0. The summed E-state index contributed by atoms with van der Waals surface area (Å²) in [6.45, 7) is 0.737. The zero-order valence-electron chi connectivity index (χ0n) is 12.5. The van der Waals surface area contributed by atoms with E-state index in [1.54, 1.807) is 6.07 Å². The van der Waals surface area contributed by atoms with Crippen molar-refractivity contribution in [2.75, 3.05) is 43.6 Å². The van der Waals surface area contributed by atoms with E-state index in [-0.39, 0.29) is 30.6 Å². The van der Waals surface area contributed by atoms with Crippen molar-refractivity contribution in [3.05, 3.63) is 24.0 Å². The van der Waals surface area contributed by atoms with Gasteiger partial charge in [-0.1, -0.05) is 0 Å². The highest BCUT2D eigenvalue weighted by molar-refractivity contribution is 7.80. The topological polar surface area (TPSA) is 83.1 Å². The molecule has 3 N–H and O–H groups in total. The standard InChI is InChI=1S/C14H18FN3O4S/c1-21-13(23)17-7-10-8-18(14(20)22-10)9-2-3-12(11(15)6-9)16-4-5-19/h2-3,6,10,16,19H,4-5,7-8H2,1H3,(H,17,23). The fraction of sp³-hybridized carbons (Fsp3) is 0.429. The van der Waals surface area contributed by atoms with Gasteiger partial charge in [-0.2, -0.15) is 0 Å². The van der Waals surface area contributed by atoms with Crippen LogP contribution in [0.4, 0.5) is 20.6 Å². The Kier molecular flexibility index (Phi) is 5.94. The number of anilines is 2. The highest BCUT2D eigenvalue weighted by atomic mass is 32.1. The van der Waals surface area contributed by atoms with Gasteiger partial charge in [0, 0.05) is 6.54 Å². The second-order valence-corrected chi connectivity index (χ2v) is 5.17. The summed E-state index contributed by atoms with van der Waals surface area (Å²) in [6.07, 6.45) is -0.957. The number of rotatable bonds is 6. The fourth-order valence-corrected chi connectivity index (χ4v) is 2.20. The minimum absolute atomic E-state index is 0.0995. The number of hydrogen-bond donors (Lipinski definition) is 3. The number of methoxy groups -OCH3 is 1. The maximum Gasteiger partial charge on any atom is 0.414 e. The van der Waals surface area contributed by atoms with Crippen LogP contribution in [0.25, 0.3) is 0 Å². The van der Waals surface area contributed by atoms with Gasteiger partial charge in [-0.3, -0.25) is 4.90 Å². The molecule has 1 aromatic carbocycles. The van der Waals surface area contributed by atoms with E-state index in [1.165, 1.54) is 24.1 Å². The van der Waals surface area contributed by atoms with Gasteiger partial charge in [0.2, 0.25) is 0 Å². The van der Waals surface area contributed by atoms with E-state index in [4.69, 9.17) is 26.8 Å². The second kappa shape index (κ2) is 7.93. The Morgan fingerprint density at radius 1 is 1.61 bits per heavy atom. The average molecular weight is 343 g/mol. The molecular formula is C14H18FN3O4S. The van der Waals surface area contributed by atoms with Gasteiger partial charge in [-0.25, -0.2) is 9.18 Å². The molecule has 7 nitrogen and oxygen atoms in total. The number of carbonyl (C=O) groups excluding carboxylic acids is 1. The lowest BCUT2D eigenvalue weighted by Gasteiger charge is -2.15. The normalized spacial score (nSPS) is 16.9. The molecule has 23 heavy (non-hydrogen) atoms. The number of carbonyl (C=O) groups is 1. The van der Waals surface area contributed by atoms with Crippen LogP contribution < -0.4 is 15.5 Å². The van der Waals surface area contributed by atoms with Crippen molar-refractivity contribution in [3.63, 3.8) is 0 Å². The van der Waals surface area contributed by atoms with E-state index in [2.05, 4.69) is 10.6 Å². The molecule has 1 saturated heterocycles. The summed E-state index contributed by atoms with van der Waals surface area (Å²) < 4.78 is 24.0. The van der Waals surface area contributed by atoms with Crippen molar-refractivity contribution in [1.82, 2.24) is 5.32 Å². The van der Waals surface area contributed by atoms with E-state index < -0.39 is 18.0 Å². The van der Waals surface area contributed by atoms with Crippen molar-refractivity contribution in [3.8, 4) is 0 Å². The Balaban J connectivity index is 2.00. The molecule has 1 amide bonds. The minimum Gasteiger partial charge on any atom is -0.474 e. The number of ether oxygens (including phenoxy) is 2. The van der Waals surface area contributed by atoms with Crippen molar-refractivity contribution < 1.29 is 23.8 Å². The third-order valence-corrected chi connectivity index (χ3v) is 3.54. The molecule has 1 fully saturated rings. The van der Waals surface area contributed by atoms with Gasteiger partial charge < -0.3 is 25.2 Å². The van der Waals surface area contributed by atoms with Gasteiger partial charge in [0.05, 0.1) is 38.2 Å². The zero-order valence-corrected chi connectivity index (χ0v) is 13.4. The van der Waals surface area contributed by atoms with Gasteiger partial charge in [0.25, 0.3) is 5.17 Å². The SMILES string of the molecule is COC(=S)NCC1CN(c2ccc(NCCO)c(F)c2)C(=O)O1. The zero-order chi connectivity index (χ0) is 16.8. The Morgan fingerprint density at radius 2 is 2.39 bits per heavy atom. The van der Waals surface area contributed by atoms with Crippen LogP contribution in [0.1, 0.15) is 0 Å². The molecule has 2 rings (SSSR count). The molecule has 1 atom stereocenters. The molecule has 0 aliphatic carbocycles. The van der Waals surface area contributed by atoms with E-state index in [1.807, 2.05) is 0 Å². The van der Waals surface area contributed by atoms with Crippen LogP contribution in [0.15, 0.2) is 18.2 Å². The predicted octanol–water partition coefficient (Wildman–Crippen LogP) is 1.08. The van der Waals surface area contributed by atoms with E-state index in [0.29, 0.717) is 12.2 Å². The molecule has 126 valence electrons. The summed E-state index contributed by atoms with van der Waals surface area (Å²) in [7, 11) is 1.44. The highest BCUT2D eigenvalue weighted by Gasteiger charge is 2.32. The van der Waals surface area contributed by atoms with Crippen molar-refractivity contribution >= 4 is 34.9 Å². The monoisotopic (exact) mass is 343 g/mol. The van der Waals surface area contributed by atoms with Crippen LogP contribution in [0.3, 0.4) is 0 Å². The number of benzene rings is 1. The van der Waals surface area contributed by atoms with Gasteiger partial charge in [-0.15, -0.1) is 0 Å². The first-order valence-corrected chi connectivity index (χ1v) is 7.40. The second-order valence-electron chi connectivity index (χ2n) is 4.80. The summed E-state index contributed by atoms with van der Waals surface area (Å²) in [5.41, 5.74) is 0.665. The smallest absolute Gasteiger partial charge is 0.414 e. The quantitative estimate of drug-likeness (QED) is 0.667. The molecule has 0 saturated carbocycles. The summed E-state index contributed by atoms with van der Waals surface area (Å²) in [5, 5.41) is 14.5. The third kappa shape index (κ3) is 4.42. The number of cyclic esters (lactones) is 1. The first-order valence-electron chi connectivity index (χ1n) is 6.99. The lowest BCUT2D eigenvalue weighted by Crippen LogP contribution is -2.34. The first-order chi connectivity index (χ1) is 11.0. The van der Waals surface area contributed by atoms with Gasteiger partial charge in [0.1, 0.15) is 11.9 Å². The molecule has 1 aliphatic rings. The molecule has 0 radical (unpaired) electrons. The number of halogens is 1. The number of aliphatic hydroxyl groups excluding tert-OH is 1. The maximum absolute atomic E-state index is 14.0. The number of amides is 1. The van der Waals surface area contributed by atoms with Crippen molar-refractivity contribution in [2.24, 2.45) is 0 Å². The van der Waals surface area contributed by atoms with E-state index >= 15 is 0 Å². The predicted molar refractivity (Wildman–Crippen MR) is 87.2 cm³/mol. The molecule has 1 aromatic rings. The Hall–Kier alpha value is -2.13. The number of nitrogens with one attached hydrogen (secondary N) is 2. The lowest BCUT2D eigenvalue weighted by atomic mass is 10.2. The lowest BCUT2D eigenvalue weighted by molar-refractivity contribution is 0.142. The van der Waals surface area contributed by atoms with Crippen LogP contribution in [0, 0.1) is 5.82 Å². The summed E-state index contributed by atoms with van der Waals surface area (Å²) in [6, 6.07) is 4.37. The average Bonchev–Trinajstić information content (AvgIpc) is 2.92.